The van der Waals surface area contributed by atoms with E-state index in [1.807, 2.05) is 0 Å². The molecule has 0 aliphatic rings. The second-order valence-electron chi connectivity index (χ2n) is 0.545. The molecule has 0 heterocycles. The largest absolute Gasteiger partial charge is 0.539 e. The first kappa shape index (κ1) is 5.23. The van der Waals surface area contributed by atoms with Crippen LogP contribution in [-0.2, 0) is 9.62 Å². The van der Waals surface area contributed by atoms with E-state index in [2.05, 4.69) is 9.62 Å². The zero-order chi connectivity index (χ0) is 4.99. The van der Waals surface area contributed by atoms with Crippen LogP contribution in [0.15, 0.2) is 0 Å². The second-order valence-corrected chi connectivity index (χ2v) is 0.545. The van der Waals surface area contributed by atoms with E-state index < -0.39 is 6.16 Å². The third kappa shape index (κ3) is 1.54. The summed E-state index contributed by atoms with van der Waals surface area (Å²) in [5.74, 6) is 0. The Hall–Kier alpha value is -0.770. The second kappa shape index (κ2) is 2.47. The van der Waals surface area contributed by atoms with Gasteiger partial charge in [-0.15, -0.1) is 0 Å². The fourth-order valence-corrected chi connectivity index (χ4v) is 0.0373. The number of hydrogen-bond acceptors (Lipinski definition) is 4. The smallest absolute Gasteiger partial charge is 0.436 e. The van der Waals surface area contributed by atoms with Gasteiger partial charge in [0.1, 0.15) is 0 Å². The van der Waals surface area contributed by atoms with Gasteiger partial charge in [0.25, 0.3) is 0 Å². The van der Waals surface area contributed by atoms with Crippen LogP contribution in [0.1, 0.15) is 0 Å². The maximum atomic E-state index is 9.49. The van der Waals surface area contributed by atoms with E-state index >= 15 is 0 Å². The van der Waals surface area contributed by atoms with Gasteiger partial charge in [0.15, 0.2) is 0 Å². The van der Waals surface area contributed by atoms with Crippen LogP contribution in [0, 0.1) is 0 Å². The van der Waals surface area contributed by atoms with Gasteiger partial charge in [-0.3, -0.25) is 4.89 Å². The van der Waals surface area contributed by atoms with Crippen LogP contribution in [0.5, 0.6) is 0 Å². The highest BCUT2D eigenvalue weighted by Crippen LogP contribution is 1.71. The van der Waals surface area contributed by atoms with Gasteiger partial charge >= 0.3 is 6.16 Å². The normalized spacial score (nSPS) is 7.00. The van der Waals surface area contributed by atoms with Crippen molar-refractivity contribution >= 4 is 6.16 Å². The van der Waals surface area contributed by atoms with Gasteiger partial charge in [-0.1, -0.05) is 0 Å². The zero-order valence-electron chi connectivity index (χ0n) is 3.17. The quantitative estimate of drug-likeness (QED) is 0.264. The van der Waals surface area contributed by atoms with Gasteiger partial charge in [-0.25, -0.2) is 4.79 Å². The lowest BCUT2D eigenvalue weighted by Gasteiger charge is -1.86. The zero-order valence-corrected chi connectivity index (χ0v) is 3.17. The molecule has 6 heavy (non-hydrogen) atoms. The third-order valence-electron chi connectivity index (χ3n) is 0.241. The SMILES string of the molecule is COC(=O)OO. The van der Waals surface area contributed by atoms with Crippen molar-refractivity contribution < 1.29 is 19.7 Å². The van der Waals surface area contributed by atoms with Crippen molar-refractivity contribution in [1.29, 1.82) is 0 Å². The summed E-state index contributed by atoms with van der Waals surface area (Å²) in [5.41, 5.74) is 0. The van der Waals surface area contributed by atoms with Gasteiger partial charge in [0.2, 0.25) is 0 Å². The van der Waals surface area contributed by atoms with Crippen LogP contribution in [0.3, 0.4) is 0 Å². The van der Waals surface area contributed by atoms with Gasteiger partial charge in [-0.05, 0) is 0 Å². The first-order valence-electron chi connectivity index (χ1n) is 1.20. The van der Waals surface area contributed by atoms with E-state index in [4.69, 9.17) is 5.26 Å². The topological polar surface area (TPSA) is 55.8 Å². The number of ether oxygens (including phenoxy) is 1. The molecule has 0 unspecified atom stereocenters. The Balaban J connectivity index is 2.99. The Morgan fingerprint density at radius 1 is 1.83 bits per heavy atom. The Morgan fingerprint density at radius 2 is 2.33 bits per heavy atom. The molecule has 0 rings (SSSR count). The first-order chi connectivity index (χ1) is 2.81. The molecule has 0 amide bonds. The average Bonchev–Trinajstić information content (AvgIpc) is 1.65. The highest BCUT2D eigenvalue weighted by atomic mass is 17.1. The van der Waals surface area contributed by atoms with Crippen LogP contribution in [0.2, 0.25) is 0 Å². The van der Waals surface area contributed by atoms with Crippen LogP contribution < -0.4 is 0 Å². The molecule has 4 heteroatoms. The summed E-state index contributed by atoms with van der Waals surface area (Å²) in [6.07, 6.45) is -1.10. The first-order valence-corrected chi connectivity index (χ1v) is 1.20. The molecule has 4 nitrogen and oxygen atoms in total. The molecular weight excluding hydrogens is 88.0 g/mol. The maximum Gasteiger partial charge on any atom is 0.539 e. The lowest BCUT2D eigenvalue weighted by Crippen LogP contribution is -1.98. The van der Waals surface area contributed by atoms with Crippen molar-refractivity contribution in [3.05, 3.63) is 0 Å². The minimum atomic E-state index is -1.10. The lowest BCUT2D eigenvalue weighted by atomic mass is 11.4. The molecule has 0 aliphatic carbocycles. The number of methoxy groups -OCH3 is 1. The summed E-state index contributed by atoms with van der Waals surface area (Å²) in [7, 11) is 1.10. The monoisotopic (exact) mass is 92.0 g/mol. The van der Waals surface area contributed by atoms with Crippen molar-refractivity contribution in [2.24, 2.45) is 0 Å². The van der Waals surface area contributed by atoms with Gasteiger partial charge in [0, 0.05) is 0 Å². The summed E-state index contributed by atoms with van der Waals surface area (Å²) in [4.78, 5) is 12.5. The van der Waals surface area contributed by atoms with E-state index in [-0.39, 0.29) is 0 Å². The van der Waals surface area contributed by atoms with Crippen LogP contribution in [-0.4, -0.2) is 18.5 Å². The number of carbonyl (C=O) groups is 1. The minimum absolute atomic E-state index is 1.10. The van der Waals surface area contributed by atoms with Crippen LogP contribution >= 0.6 is 0 Å². The summed E-state index contributed by atoms with van der Waals surface area (Å²) in [6.45, 7) is 0. The molecule has 0 radical (unpaired) electrons. The average molecular weight is 92.0 g/mol. The fourth-order valence-electron chi connectivity index (χ4n) is 0.0373. The van der Waals surface area contributed by atoms with Crippen molar-refractivity contribution in [1.82, 2.24) is 0 Å². The maximum absolute atomic E-state index is 9.49. The fraction of sp³-hybridized carbons (Fsp3) is 0.500. The van der Waals surface area contributed by atoms with E-state index in [0.717, 1.165) is 7.11 Å². The molecular formula is C2H4O4. The Bertz CT molecular complexity index is 43.5. The molecule has 0 atom stereocenters. The Morgan fingerprint density at radius 3 is 2.33 bits per heavy atom. The number of rotatable bonds is 0. The molecule has 0 saturated heterocycles. The predicted molar refractivity (Wildman–Crippen MR) is 16.1 cm³/mol. The van der Waals surface area contributed by atoms with Gasteiger partial charge in [-0.2, -0.15) is 5.26 Å². The molecule has 0 aromatic heterocycles. The van der Waals surface area contributed by atoms with E-state index in [0.29, 0.717) is 0 Å². The predicted octanol–water partition coefficient (Wildman–Crippen LogP) is 0.242. The van der Waals surface area contributed by atoms with Crippen molar-refractivity contribution in [2.75, 3.05) is 7.11 Å². The Labute approximate surface area is 34.2 Å². The van der Waals surface area contributed by atoms with Crippen molar-refractivity contribution in [3.63, 3.8) is 0 Å². The van der Waals surface area contributed by atoms with Crippen LogP contribution in [0.4, 0.5) is 4.79 Å². The molecule has 0 saturated carbocycles. The molecule has 1 N–H and O–H groups in total. The summed E-state index contributed by atoms with van der Waals surface area (Å²) in [5, 5.41) is 7.36. The molecule has 0 fully saturated rings. The van der Waals surface area contributed by atoms with E-state index in [1.54, 1.807) is 0 Å². The summed E-state index contributed by atoms with van der Waals surface area (Å²) < 4.78 is 3.79. The van der Waals surface area contributed by atoms with E-state index in [1.165, 1.54) is 0 Å². The third-order valence-corrected chi connectivity index (χ3v) is 0.241. The summed E-state index contributed by atoms with van der Waals surface area (Å²) >= 11 is 0. The number of hydrogen-bond donors (Lipinski definition) is 1. The molecule has 36 valence electrons. The standard InChI is InChI=1S/C2H4O4/c1-5-2(3)6-4/h4H,1H3. The highest BCUT2D eigenvalue weighted by molar-refractivity contribution is 5.58. The van der Waals surface area contributed by atoms with Crippen molar-refractivity contribution in [2.45, 2.75) is 0 Å². The molecule has 0 spiro atoms. The molecule has 0 aromatic rings. The summed E-state index contributed by atoms with van der Waals surface area (Å²) in [6, 6.07) is 0. The molecule has 0 aromatic carbocycles. The van der Waals surface area contributed by atoms with E-state index in [9.17, 15) is 4.79 Å². The molecule has 0 aliphatic heterocycles. The van der Waals surface area contributed by atoms with Gasteiger partial charge < -0.3 is 4.74 Å². The Kier molecular flexibility index (Phi) is 2.15. The highest BCUT2D eigenvalue weighted by Gasteiger charge is 1.92. The molecule has 0 bridgehead atoms. The lowest BCUT2D eigenvalue weighted by molar-refractivity contribution is -0.197. The number of carbonyl (C=O) groups excluding carboxylic acids is 1. The minimum Gasteiger partial charge on any atom is -0.436 e. The van der Waals surface area contributed by atoms with Crippen LogP contribution in [0.25, 0.3) is 0 Å². The van der Waals surface area contributed by atoms with Crippen molar-refractivity contribution in [3.8, 4) is 0 Å². The van der Waals surface area contributed by atoms with Gasteiger partial charge in [0.05, 0.1) is 7.11 Å².